The van der Waals surface area contributed by atoms with Crippen molar-refractivity contribution in [3.05, 3.63) is 69.2 Å². The van der Waals surface area contributed by atoms with Crippen LogP contribution in [0.2, 0.25) is 10.0 Å². The smallest absolute Gasteiger partial charge is 0.129 e. The third-order valence-corrected chi connectivity index (χ3v) is 3.89. The van der Waals surface area contributed by atoms with Gasteiger partial charge in [0.1, 0.15) is 11.6 Å². The molecule has 0 saturated heterocycles. The molecule has 106 valence electrons. The fourth-order valence-corrected chi connectivity index (χ4v) is 2.42. The number of hydrogen-bond acceptors (Lipinski definition) is 1. The van der Waals surface area contributed by atoms with Crippen molar-refractivity contribution in [2.24, 2.45) is 5.73 Å². The molecule has 2 aromatic rings. The van der Waals surface area contributed by atoms with Gasteiger partial charge in [0.2, 0.25) is 0 Å². The highest BCUT2D eigenvalue weighted by Gasteiger charge is 2.16. The largest absolute Gasteiger partial charge is 0.330 e. The molecule has 0 aliphatic rings. The van der Waals surface area contributed by atoms with Crippen LogP contribution in [0.25, 0.3) is 0 Å². The third kappa shape index (κ3) is 3.48. The summed E-state index contributed by atoms with van der Waals surface area (Å²) in [6.45, 7) is 0.253. The quantitative estimate of drug-likeness (QED) is 0.879. The summed E-state index contributed by atoms with van der Waals surface area (Å²) in [6, 6.07) is 8.77. The van der Waals surface area contributed by atoms with Gasteiger partial charge < -0.3 is 5.73 Å². The fraction of sp³-hybridized carbons (Fsp3) is 0.200. The Morgan fingerprint density at radius 2 is 1.75 bits per heavy atom. The zero-order chi connectivity index (χ0) is 14.7. The molecule has 2 N–H and O–H groups in total. The third-order valence-electron chi connectivity index (χ3n) is 3.15. The molecule has 0 radical (unpaired) electrons. The van der Waals surface area contributed by atoms with Crippen LogP contribution in [-0.4, -0.2) is 6.54 Å². The van der Waals surface area contributed by atoms with Gasteiger partial charge in [0.25, 0.3) is 0 Å². The number of hydrogen-bond donors (Lipinski definition) is 1. The number of halogens is 4. The molecule has 1 unspecified atom stereocenters. The Balaban J connectivity index is 2.26. The molecule has 0 aliphatic heterocycles. The highest BCUT2D eigenvalue weighted by molar-refractivity contribution is 6.42. The molecular weight excluding hydrogens is 303 g/mol. The second-order valence-corrected chi connectivity index (χ2v) is 5.37. The van der Waals surface area contributed by atoms with E-state index in [2.05, 4.69) is 0 Å². The van der Waals surface area contributed by atoms with E-state index in [0.29, 0.717) is 22.0 Å². The minimum absolute atomic E-state index is 0.243. The molecule has 0 heterocycles. The second-order valence-electron chi connectivity index (χ2n) is 4.55. The van der Waals surface area contributed by atoms with Crippen LogP contribution in [0.4, 0.5) is 8.78 Å². The summed E-state index contributed by atoms with van der Waals surface area (Å²) in [5.41, 5.74) is 7.01. The summed E-state index contributed by atoms with van der Waals surface area (Å²) in [5, 5.41) is 0.909. The van der Waals surface area contributed by atoms with Gasteiger partial charge >= 0.3 is 0 Å². The zero-order valence-electron chi connectivity index (χ0n) is 10.5. The predicted molar refractivity (Wildman–Crippen MR) is 78.3 cm³/mol. The van der Waals surface area contributed by atoms with Crippen molar-refractivity contribution in [1.82, 2.24) is 0 Å². The first-order valence-electron chi connectivity index (χ1n) is 6.10. The van der Waals surface area contributed by atoms with Crippen molar-refractivity contribution in [3.63, 3.8) is 0 Å². The Morgan fingerprint density at radius 1 is 1.00 bits per heavy atom. The van der Waals surface area contributed by atoms with E-state index < -0.39 is 11.6 Å². The Hall–Kier alpha value is -1.16. The molecule has 2 aromatic carbocycles. The van der Waals surface area contributed by atoms with Crippen molar-refractivity contribution in [2.45, 2.75) is 12.3 Å². The standard InChI is InChI=1S/C15H13Cl2F2N/c16-13-4-1-9(6-14(13)17)5-10(8-20)12-3-2-11(18)7-15(12)19/h1-4,6-7,10H,5,8,20H2. The maximum atomic E-state index is 13.8. The minimum atomic E-state index is -0.600. The van der Waals surface area contributed by atoms with E-state index >= 15 is 0 Å². The minimum Gasteiger partial charge on any atom is -0.330 e. The molecule has 0 amide bonds. The summed E-state index contributed by atoms with van der Waals surface area (Å²) in [5.74, 6) is -1.43. The normalized spacial score (nSPS) is 12.4. The van der Waals surface area contributed by atoms with Crippen molar-refractivity contribution >= 4 is 23.2 Å². The lowest BCUT2D eigenvalue weighted by Gasteiger charge is -2.16. The van der Waals surface area contributed by atoms with Crippen LogP contribution >= 0.6 is 23.2 Å². The first-order chi connectivity index (χ1) is 9.51. The first-order valence-corrected chi connectivity index (χ1v) is 6.85. The van der Waals surface area contributed by atoms with Gasteiger partial charge in [-0.05, 0) is 42.3 Å². The molecule has 1 atom stereocenters. The lowest BCUT2D eigenvalue weighted by Crippen LogP contribution is -2.16. The molecule has 20 heavy (non-hydrogen) atoms. The molecule has 0 aromatic heterocycles. The lowest BCUT2D eigenvalue weighted by molar-refractivity contribution is 0.551. The fourth-order valence-electron chi connectivity index (χ4n) is 2.10. The monoisotopic (exact) mass is 315 g/mol. The molecule has 5 heteroatoms. The number of benzene rings is 2. The van der Waals surface area contributed by atoms with Gasteiger partial charge in [-0.3, -0.25) is 0 Å². The van der Waals surface area contributed by atoms with E-state index in [0.717, 1.165) is 11.6 Å². The molecule has 0 saturated carbocycles. The van der Waals surface area contributed by atoms with E-state index in [1.165, 1.54) is 12.1 Å². The Morgan fingerprint density at radius 3 is 2.35 bits per heavy atom. The van der Waals surface area contributed by atoms with Gasteiger partial charge in [-0.15, -0.1) is 0 Å². The van der Waals surface area contributed by atoms with E-state index in [9.17, 15) is 8.78 Å². The number of nitrogens with two attached hydrogens (primary N) is 1. The van der Waals surface area contributed by atoms with Crippen molar-refractivity contribution in [1.29, 1.82) is 0 Å². The van der Waals surface area contributed by atoms with Crippen LogP contribution in [-0.2, 0) is 6.42 Å². The average molecular weight is 316 g/mol. The van der Waals surface area contributed by atoms with Gasteiger partial charge in [0.05, 0.1) is 10.0 Å². The van der Waals surface area contributed by atoms with Gasteiger partial charge in [-0.1, -0.05) is 35.3 Å². The average Bonchev–Trinajstić information content (AvgIpc) is 2.41. The van der Waals surface area contributed by atoms with Gasteiger partial charge in [-0.25, -0.2) is 8.78 Å². The van der Waals surface area contributed by atoms with Crippen molar-refractivity contribution in [3.8, 4) is 0 Å². The maximum Gasteiger partial charge on any atom is 0.129 e. The Kier molecular flexibility index (Phi) is 4.97. The molecule has 0 spiro atoms. The highest BCUT2D eigenvalue weighted by Crippen LogP contribution is 2.27. The topological polar surface area (TPSA) is 26.0 Å². The molecule has 0 aliphatic carbocycles. The van der Waals surface area contributed by atoms with Crippen LogP contribution in [0.3, 0.4) is 0 Å². The molecular formula is C15H13Cl2F2N. The predicted octanol–water partition coefficient (Wildman–Crippen LogP) is 4.56. The molecule has 0 fully saturated rings. The van der Waals surface area contributed by atoms with Gasteiger partial charge in [0, 0.05) is 12.0 Å². The summed E-state index contributed by atoms with van der Waals surface area (Å²) < 4.78 is 26.7. The van der Waals surface area contributed by atoms with E-state index in [1.807, 2.05) is 6.07 Å². The zero-order valence-corrected chi connectivity index (χ0v) is 12.1. The summed E-state index contributed by atoms with van der Waals surface area (Å²) in [4.78, 5) is 0. The number of rotatable bonds is 4. The van der Waals surface area contributed by atoms with Gasteiger partial charge in [0.15, 0.2) is 0 Å². The molecule has 2 rings (SSSR count). The van der Waals surface area contributed by atoms with Crippen LogP contribution < -0.4 is 5.73 Å². The van der Waals surface area contributed by atoms with Crippen molar-refractivity contribution < 1.29 is 8.78 Å². The Labute approximate surface area is 126 Å². The SMILES string of the molecule is NCC(Cc1ccc(Cl)c(Cl)c1)c1ccc(F)cc1F. The summed E-state index contributed by atoms with van der Waals surface area (Å²) in [6.07, 6.45) is 0.510. The second kappa shape index (κ2) is 6.53. The Bertz CT molecular complexity index is 617. The molecule has 1 nitrogen and oxygen atoms in total. The van der Waals surface area contributed by atoms with E-state index in [1.54, 1.807) is 12.1 Å². The van der Waals surface area contributed by atoms with E-state index in [4.69, 9.17) is 28.9 Å². The summed E-state index contributed by atoms with van der Waals surface area (Å²) >= 11 is 11.8. The van der Waals surface area contributed by atoms with Crippen LogP contribution in [0, 0.1) is 11.6 Å². The van der Waals surface area contributed by atoms with E-state index in [-0.39, 0.29) is 12.5 Å². The lowest BCUT2D eigenvalue weighted by atomic mass is 9.91. The maximum absolute atomic E-state index is 13.8. The van der Waals surface area contributed by atoms with Crippen molar-refractivity contribution in [2.75, 3.05) is 6.54 Å². The first kappa shape index (κ1) is 15.2. The van der Waals surface area contributed by atoms with Crippen LogP contribution in [0.15, 0.2) is 36.4 Å². The highest BCUT2D eigenvalue weighted by atomic mass is 35.5. The summed E-state index contributed by atoms with van der Waals surface area (Å²) in [7, 11) is 0. The van der Waals surface area contributed by atoms with Gasteiger partial charge in [-0.2, -0.15) is 0 Å². The molecule has 0 bridgehead atoms. The van der Waals surface area contributed by atoms with Crippen LogP contribution in [0.1, 0.15) is 17.0 Å². The van der Waals surface area contributed by atoms with Crippen LogP contribution in [0.5, 0.6) is 0 Å².